The van der Waals surface area contributed by atoms with Gasteiger partial charge in [-0.3, -0.25) is 9.78 Å². The molecule has 1 aliphatic rings. The Balaban J connectivity index is 1.60. The number of rotatable bonds is 6. The van der Waals surface area contributed by atoms with Gasteiger partial charge in [0, 0.05) is 18.8 Å². The maximum atomic E-state index is 12.4. The van der Waals surface area contributed by atoms with Crippen LogP contribution in [0, 0.1) is 17.2 Å². The van der Waals surface area contributed by atoms with Crippen molar-refractivity contribution in [3.63, 3.8) is 0 Å². The van der Waals surface area contributed by atoms with Gasteiger partial charge in [0.25, 0.3) is 0 Å². The first-order valence-corrected chi connectivity index (χ1v) is 8.91. The molecule has 0 aliphatic carbocycles. The highest BCUT2D eigenvalue weighted by atomic mass is 16.1. The molecule has 0 amide bonds. The minimum Gasteiger partial charge on any atom is -0.307 e. The number of Topliss-reactive ketones (excluding diaryl/α,β-unsaturated/α-hetero) is 1. The molecule has 0 bridgehead atoms. The molecule has 0 saturated carbocycles. The quantitative estimate of drug-likeness (QED) is 0.878. The van der Waals surface area contributed by atoms with E-state index < -0.39 is 0 Å². The Morgan fingerprint density at radius 3 is 2.72 bits per heavy atom. The summed E-state index contributed by atoms with van der Waals surface area (Å²) in [5, 5.41) is 12.7. The van der Waals surface area contributed by atoms with Crippen LogP contribution in [0.25, 0.3) is 11.1 Å². The van der Waals surface area contributed by atoms with Crippen LogP contribution >= 0.6 is 0 Å². The number of piperidine rings is 1. The van der Waals surface area contributed by atoms with Crippen LogP contribution in [0.1, 0.15) is 31.2 Å². The van der Waals surface area contributed by atoms with Crippen LogP contribution in [-0.4, -0.2) is 23.4 Å². The molecule has 2 aromatic rings. The number of carbonyl (C=O) groups excluding carboxylic acids is 1. The van der Waals surface area contributed by atoms with Gasteiger partial charge in [0.15, 0.2) is 5.78 Å². The summed E-state index contributed by atoms with van der Waals surface area (Å²) in [7, 11) is 0. The summed E-state index contributed by atoms with van der Waals surface area (Å²) >= 11 is 0. The topological polar surface area (TPSA) is 65.8 Å². The van der Waals surface area contributed by atoms with Gasteiger partial charge in [-0.1, -0.05) is 36.8 Å². The van der Waals surface area contributed by atoms with Crippen LogP contribution in [0.5, 0.6) is 0 Å². The summed E-state index contributed by atoms with van der Waals surface area (Å²) in [5.41, 5.74) is 3.26. The first kappa shape index (κ1) is 17.3. The van der Waals surface area contributed by atoms with Crippen molar-refractivity contribution in [3.05, 3.63) is 54.4 Å². The first-order valence-electron chi connectivity index (χ1n) is 8.91. The van der Waals surface area contributed by atoms with Gasteiger partial charge >= 0.3 is 0 Å². The molecule has 1 aromatic heterocycles. The summed E-state index contributed by atoms with van der Waals surface area (Å²) in [5.74, 6) is -0.0845. The van der Waals surface area contributed by atoms with E-state index >= 15 is 0 Å². The van der Waals surface area contributed by atoms with E-state index in [-0.39, 0.29) is 17.7 Å². The number of hydrogen-bond acceptors (Lipinski definition) is 4. The fraction of sp³-hybridized carbons (Fsp3) is 0.381. The van der Waals surface area contributed by atoms with E-state index in [0.29, 0.717) is 12.8 Å². The number of aromatic nitrogens is 1. The highest BCUT2D eigenvalue weighted by molar-refractivity contribution is 5.84. The van der Waals surface area contributed by atoms with Gasteiger partial charge in [0.2, 0.25) is 0 Å². The molecule has 1 fully saturated rings. The van der Waals surface area contributed by atoms with Crippen molar-refractivity contribution in [2.45, 2.75) is 38.1 Å². The number of benzene rings is 1. The molecule has 128 valence electrons. The van der Waals surface area contributed by atoms with Crippen LogP contribution in [0.15, 0.2) is 48.8 Å². The average Bonchev–Trinajstić information content (AvgIpc) is 2.69. The van der Waals surface area contributed by atoms with Gasteiger partial charge in [-0.15, -0.1) is 0 Å². The minimum absolute atomic E-state index is 0.0578. The molecule has 3 rings (SSSR count). The number of carbonyl (C=O) groups is 1. The zero-order valence-electron chi connectivity index (χ0n) is 14.3. The van der Waals surface area contributed by atoms with Crippen LogP contribution < -0.4 is 5.32 Å². The predicted octanol–water partition coefficient (Wildman–Crippen LogP) is 3.53. The molecular weight excluding hydrogens is 310 g/mol. The number of nitrogens with one attached hydrogen (secondary N) is 1. The Morgan fingerprint density at radius 1 is 1.24 bits per heavy atom. The maximum Gasteiger partial charge on any atom is 0.151 e. The monoisotopic (exact) mass is 333 g/mol. The molecule has 2 atom stereocenters. The van der Waals surface area contributed by atoms with E-state index in [2.05, 4.69) is 16.4 Å². The molecule has 0 unspecified atom stereocenters. The number of nitriles is 1. The Morgan fingerprint density at radius 2 is 2.08 bits per heavy atom. The van der Waals surface area contributed by atoms with Crippen LogP contribution in [-0.2, 0) is 11.2 Å². The smallest absolute Gasteiger partial charge is 0.151 e. The van der Waals surface area contributed by atoms with Gasteiger partial charge in [-0.2, -0.15) is 5.26 Å². The second kappa shape index (κ2) is 8.55. The summed E-state index contributed by atoms with van der Waals surface area (Å²) in [4.78, 5) is 16.5. The summed E-state index contributed by atoms with van der Waals surface area (Å²) in [6, 6.07) is 14.4. The molecule has 4 heteroatoms. The van der Waals surface area contributed by atoms with Gasteiger partial charge in [0.05, 0.1) is 18.0 Å². The number of pyridine rings is 1. The van der Waals surface area contributed by atoms with Crippen molar-refractivity contribution in [1.82, 2.24) is 10.3 Å². The molecule has 1 aliphatic heterocycles. The van der Waals surface area contributed by atoms with Gasteiger partial charge < -0.3 is 5.32 Å². The van der Waals surface area contributed by atoms with Gasteiger partial charge in [0.1, 0.15) is 0 Å². The maximum absolute atomic E-state index is 12.4. The molecule has 25 heavy (non-hydrogen) atoms. The predicted molar refractivity (Wildman–Crippen MR) is 97.7 cm³/mol. The summed E-state index contributed by atoms with van der Waals surface area (Å²) in [6.45, 7) is 0.906. The van der Waals surface area contributed by atoms with Crippen molar-refractivity contribution in [2.75, 3.05) is 6.54 Å². The van der Waals surface area contributed by atoms with E-state index in [1.807, 2.05) is 42.6 Å². The summed E-state index contributed by atoms with van der Waals surface area (Å²) < 4.78 is 0. The fourth-order valence-corrected chi connectivity index (χ4v) is 3.33. The van der Waals surface area contributed by atoms with E-state index in [0.717, 1.165) is 42.5 Å². The lowest BCUT2D eigenvalue weighted by Crippen LogP contribution is -2.41. The van der Waals surface area contributed by atoms with E-state index in [1.54, 1.807) is 6.20 Å². The Hall–Kier alpha value is -2.51. The van der Waals surface area contributed by atoms with E-state index in [9.17, 15) is 10.1 Å². The number of nitrogens with zero attached hydrogens (tertiary/aromatic N) is 2. The molecule has 0 radical (unpaired) electrons. The summed E-state index contributed by atoms with van der Waals surface area (Å²) in [6.07, 6.45) is 7.67. The third-order valence-electron chi connectivity index (χ3n) is 4.76. The first-order chi connectivity index (χ1) is 12.3. The number of ketones is 1. The van der Waals surface area contributed by atoms with Crippen LogP contribution in [0.2, 0.25) is 0 Å². The van der Waals surface area contributed by atoms with Crippen molar-refractivity contribution in [3.8, 4) is 17.2 Å². The van der Waals surface area contributed by atoms with Crippen molar-refractivity contribution in [2.24, 2.45) is 5.92 Å². The standard InChI is InChI=1S/C21H23N3O/c22-14-17(13-21(25)20-5-1-2-11-24-20)12-16-6-8-18(9-7-16)19-4-3-10-23-15-19/h3-4,6-10,15,17,20,24H,1-2,5,11-13H2/t17-,20+/m1/s1. The second-order valence-corrected chi connectivity index (χ2v) is 6.64. The fourth-order valence-electron chi connectivity index (χ4n) is 3.33. The Labute approximate surface area is 148 Å². The van der Waals surface area contributed by atoms with Crippen molar-refractivity contribution < 1.29 is 4.79 Å². The van der Waals surface area contributed by atoms with Gasteiger partial charge in [-0.25, -0.2) is 0 Å². The molecule has 0 spiro atoms. The largest absolute Gasteiger partial charge is 0.307 e. The SMILES string of the molecule is N#C[C@@H](CC(=O)[C@@H]1CCCCN1)Cc1ccc(-c2cccnc2)cc1. The zero-order valence-corrected chi connectivity index (χ0v) is 14.3. The minimum atomic E-state index is -0.263. The lowest BCUT2D eigenvalue weighted by molar-refractivity contribution is -0.122. The van der Waals surface area contributed by atoms with Crippen molar-refractivity contribution in [1.29, 1.82) is 5.26 Å². The highest BCUT2D eigenvalue weighted by Crippen LogP contribution is 2.21. The lowest BCUT2D eigenvalue weighted by atomic mass is 9.90. The molecule has 1 N–H and O–H groups in total. The Kier molecular flexibility index (Phi) is 5.92. The van der Waals surface area contributed by atoms with Crippen molar-refractivity contribution >= 4 is 5.78 Å². The number of hydrogen-bond donors (Lipinski definition) is 1. The van der Waals surface area contributed by atoms with Crippen LogP contribution in [0.3, 0.4) is 0 Å². The molecule has 4 nitrogen and oxygen atoms in total. The highest BCUT2D eigenvalue weighted by Gasteiger charge is 2.23. The Bertz CT molecular complexity index is 728. The van der Waals surface area contributed by atoms with E-state index in [1.165, 1.54) is 0 Å². The molecule has 1 aromatic carbocycles. The van der Waals surface area contributed by atoms with Gasteiger partial charge in [-0.05, 0) is 48.6 Å². The average molecular weight is 333 g/mol. The van der Waals surface area contributed by atoms with Crippen LogP contribution in [0.4, 0.5) is 0 Å². The molecule has 1 saturated heterocycles. The molecular formula is C21H23N3O. The van der Waals surface area contributed by atoms with E-state index in [4.69, 9.17) is 0 Å². The third kappa shape index (κ3) is 4.74. The normalized spacial score (nSPS) is 18.3. The zero-order chi connectivity index (χ0) is 17.5. The second-order valence-electron chi connectivity index (χ2n) is 6.64. The molecule has 2 heterocycles. The third-order valence-corrected chi connectivity index (χ3v) is 4.76. The lowest BCUT2D eigenvalue weighted by Gasteiger charge is -2.23.